The summed E-state index contributed by atoms with van der Waals surface area (Å²) in [7, 11) is 0. The van der Waals surface area contributed by atoms with Crippen molar-refractivity contribution in [1.82, 2.24) is 14.8 Å². The van der Waals surface area contributed by atoms with Crippen LogP contribution >= 0.6 is 12.2 Å². The summed E-state index contributed by atoms with van der Waals surface area (Å²) < 4.78 is 1.97. The predicted octanol–water partition coefficient (Wildman–Crippen LogP) is 1.30. The highest BCUT2D eigenvalue weighted by atomic mass is 32.1. The molecule has 1 aromatic heterocycles. The van der Waals surface area contributed by atoms with Gasteiger partial charge in [-0.25, -0.2) is 0 Å². The van der Waals surface area contributed by atoms with Crippen LogP contribution in [0.4, 0.5) is 0 Å². The Labute approximate surface area is 123 Å². The number of piperidine rings is 1. The van der Waals surface area contributed by atoms with Crippen molar-refractivity contribution in [1.29, 1.82) is 0 Å². The van der Waals surface area contributed by atoms with Crippen molar-refractivity contribution < 1.29 is 0 Å². The Kier molecular flexibility index (Phi) is 2.84. The Balaban J connectivity index is 1.58. The molecule has 106 valence electrons. The van der Waals surface area contributed by atoms with E-state index in [4.69, 9.17) is 12.2 Å². The van der Waals surface area contributed by atoms with Crippen LogP contribution in [0.25, 0.3) is 0 Å². The highest BCUT2D eigenvalue weighted by molar-refractivity contribution is 7.80. The maximum Gasteiger partial charge on any atom is 0.250 e. The minimum absolute atomic E-state index is 0.143. The average molecular weight is 289 g/mol. The van der Waals surface area contributed by atoms with Crippen LogP contribution in [-0.2, 0) is 6.54 Å². The topological polar surface area (TPSA) is 37.3 Å². The highest BCUT2D eigenvalue weighted by Crippen LogP contribution is 2.35. The van der Waals surface area contributed by atoms with Gasteiger partial charge in [0.05, 0.1) is 0 Å². The Hall–Kier alpha value is -1.36. The first kappa shape index (κ1) is 12.4. The van der Waals surface area contributed by atoms with E-state index in [0.717, 1.165) is 24.7 Å². The van der Waals surface area contributed by atoms with Gasteiger partial charge in [-0.3, -0.25) is 4.79 Å². The molecule has 2 bridgehead atoms. The molecular weight excluding hydrogens is 270 g/mol. The molecule has 2 aliphatic heterocycles. The number of hydrogen-bond acceptors (Lipinski definition) is 2. The summed E-state index contributed by atoms with van der Waals surface area (Å²) in [5.41, 5.74) is 1.33. The van der Waals surface area contributed by atoms with Gasteiger partial charge in [-0.2, -0.15) is 0 Å². The normalized spacial score (nSPS) is 27.9. The maximum absolute atomic E-state index is 12.0. The van der Waals surface area contributed by atoms with Gasteiger partial charge in [0.15, 0.2) is 5.11 Å². The summed E-state index contributed by atoms with van der Waals surface area (Å²) in [5, 5.41) is 4.35. The number of nitrogens with zero attached hydrogens (tertiary/aromatic N) is 2. The fourth-order valence-corrected chi connectivity index (χ4v) is 3.87. The van der Waals surface area contributed by atoms with Crippen LogP contribution in [0.15, 0.2) is 23.0 Å². The lowest BCUT2D eigenvalue weighted by molar-refractivity contribution is 0.177. The Morgan fingerprint density at radius 1 is 1.25 bits per heavy atom. The number of likely N-dealkylation sites (tertiary alicyclic amines) is 1. The highest BCUT2D eigenvalue weighted by Gasteiger charge is 2.36. The van der Waals surface area contributed by atoms with Crippen molar-refractivity contribution in [3.05, 3.63) is 34.2 Å². The van der Waals surface area contributed by atoms with E-state index in [2.05, 4.69) is 16.3 Å². The maximum atomic E-state index is 12.0. The first-order valence-electron chi connectivity index (χ1n) is 7.46. The summed E-state index contributed by atoms with van der Waals surface area (Å²) in [5.74, 6) is 0.982. The molecule has 1 aromatic rings. The summed E-state index contributed by atoms with van der Waals surface area (Å²) in [6.07, 6.45) is 3.68. The molecule has 1 aliphatic carbocycles. The summed E-state index contributed by atoms with van der Waals surface area (Å²) >= 11 is 5.54. The van der Waals surface area contributed by atoms with Gasteiger partial charge in [-0.15, -0.1) is 0 Å². The molecular formula is C15H19N3OS. The number of rotatable bonds is 1. The number of pyridine rings is 1. The number of fused-ring (bicyclic) bond motifs is 4. The number of hydrogen-bond donors (Lipinski definition) is 1. The first-order chi connectivity index (χ1) is 9.70. The van der Waals surface area contributed by atoms with Gasteiger partial charge in [0, 0.05) is 43.4 Å². The van der Waals surface area contributed by atoms with Crippen LogP contribution in [0.5, 0.6) is 0 Å². The SMILES string of the molecule is O=c1cccc2n1C[C@@H]1C[C@H]2CN(C(=S)NC2CC2)C1. The van der Waals surface area contributed by atoms with Crippen LogP contribution < -0.4 is 10.9 Å². The van der Waals surface area contributed by atoms with Crippen molar-refractivity contribution >= 4 is 17.3 Å². The molecule has 0 aromatic carbocycles. The molecule has 3 aliphatic rings. The molecule has 3 heterocycles. The molecule has 2 atom stereocenters. The van der Waals surface area contributed by atoms with E-state index in [1.807, 2.05) is 10.6 Å². The Morgan fingerprint density at radius 3 is 2.90 bits per heavy atom. The third-order valence-corrected chi connectivity index (χ3v) is 5.05. The molecule has 0 amide bonds. The lowest BCUT2D eigenvalue weighted by atomic mass is 9.83. The fourth-order valence-electron chi connectivity index (χ4n) is 3.56. The lowest BCUT2D eigenvalue weighted by Gasteiger charge is -2.43. The second-order valence-corrected chi connectivity index (χ2v) is 6.71. The Bertz CT molecular complexity index is 607. The molecule has 4 rings (SSSR count). The standard InChI is InChI=1S/C15H19N3OS/c19-14-3-1-2-13-11-6-10(8-18(13)14)7-17(9-11)15(20)16-12-4-5-12/h1-3,10-12H,4-9H2,(H,16,20)/t10-,11+/m1/s1. The molecule has 4 nitrogen and oxygen atoms in total. The molecule has 0 radical (unpaired) electrons. The smallest absolute Gasteiger partial charge is 0.250 e. The minimum atomic E-state index is 0.143. The van der Waals surface area contributed by atoms with Crippen molar-refractivity contribution in [3.8, 4) is 0 Å². The van der Waals surface area contributed by atoms with Gasteiger partial charge in [0.1, 0.15) is 0 Å². The predicted molar refractivity (Wildman–Crippen MR) is 81.9 cm³/mol. The van der Waals surface area contributed by atoms with Crippen LogP contribution in [0.3, 0.4) is 0 Å². The molecule has 1 saturated heterocycles. The van der Waals surface area contributed by atoms with Gasteiger partial charge in [0.25, 0.3) is 5.56 Å². The fraction of sp³-hybridized carbons (Fsp3) is 0.600. The molecule has 1 N–H and O–H groups in total. The number of nitrogens with one attached hydrogen (secondary N) is 1. The zero-order valence-electron chi connectivity index (χ0n) is 11.4. The zero-order valence-corrected chi connectivity index (χ0v) is 12.2. The van der Waals surface area contributed by atoms with E-state index in [0.29, 0.717) is 17.9 Å². The second kappa shape index (κ2) is 4.58. The van der Waals surface area contributed by atoms with Crippen LogP contribution in [-0.4, -0.2) is 33.7 Å². The summed E-state index contributed by atoms with van der Waals surface area (Å²) in [6, 6.07) is 6.26. The number of aromatic nitrogens is 1. The number of thiocarbonyl (C=S) groups is 1. The zero-order chi connectivity index (χ0) is 13.7. The molecule has 0 spiro atoms. The van der Waals surface area contributed by atoms with Crippen molar-refractivity contribution in [2.24, 2.45) is 5.92 Å². The van der Waals surface area contributed by atoms with E-state index in [9.17, 15) is 4.79 Å². The molecule has 0 unspecified atom stereocenters. The van der Waals surface area contributed by atoms with Crippen molar-refractivity contribution in [2.45, 2.75) is 37.8 Å². The van der Waals surface area contributed by atoms with Crippen LogP contribution in [0, 0.1) is 5.92 Å². The minimum Gasteiger partial charge on any atom is -0.360 e. The molecule has 20 heavy (non-hydrogen) atoms. The van der Waals surface area contributed by atoms with E-state index >= 15 is 0 Å². The van der Waals surface area contributed by atoms with Gasteiger partial charge in [-0.1, -0.05) is 6.07 Å². The van der Waals surface area contributed by atoms with Crippen LogP contribution in [0.2, 0.25) is 0 Å². The van der Waals surface area contributed by atoms with Gasteiger partial charge in [0.2, 0.25) is 0 Å². The van der Waals surface area contributed by atoms with Gasteiger partial charge < -0.3 is 14.8 Å². The second-order valence-electron chi connectivity index (χ2n) is 6.33. The largest absolute Gasteiger partial charge is 0.360 e. The van der Waals surface area contributed by atoms with E-state index in [1.54, 1.807) is 6.07 Å². The third kappa shape index (κ3) is 2.14. The van der Waals surface area contributed by atoms with Crippen molar-refractivity contribution in [2.75, 3.05) is 13.1 Å². The first-order valence-corrected chi connectivity index (χ1v) is 7.87. The third-order valence-electron chi connectivity index (χ3n) is 4.67. The van der Waals surface area contributed by atoms with Gasteiger partial charge >= 0.3 is 0 Å². The van der Waals surface area contributed by atoms with Crippen molar-refractivity contribution in [3.63, 3.8) is 0 Å². The average Bonchev–Trinajstić information content (AvgIpc) is 3.24. The van der Waals surface area contributed by atoms with Gasteiger partial charge in [-0.05, 0) is 43.5 Å². The molecule has 2 fully saturated rings. The van der Waals surface area contributed by atoms with E-state index in [-0.39, 0.29) is 5.56 Å². The lowest BCUT2D eigenvalue weighted by Crippen LogP contribution is -2.52. The quantitative estimate of drug-likeness (QED) is 0.791. The van der Waals surface area contributed by atoms with E-state index in [1.165, 1.54) is 25.0 Å². The summed E-state index contributed by atoms with van der Waals surface area (Å²) in [6.45, 7) is 2.77. The molecule has 5 heteroatoms. The van der Waals surface area contributed by atoms with Crippen LogP contribution in [0.1, 0.15) is 30.9 Å². The monoisotopic (exact) mass is 289 g/mol. The summed E-state index contributed by atoms with van der Waals surface area (Å²) in [4.78, 5) is 14.3. The molecule has 1 saturated carbocycles. The van der Waals surface area contributed by atoms with E-state index < -0.39 is 0 Å². The Morgan fingerprint density at radius 2 is 2.10 bits per heavy atom.